The highest BCUT2D eigenvalue weighted by atomic mass is 28.4. The standard InChI is InChI=1S/C60H120O6Si5/c1-44(34-39-51(64-69(25,26)56(9,10)11)59(18,19)66-71(29,30)58(15,16)17)48-37-38-49-46(33-31-40-60(48,49)20)35-36-47-43-50(63-68(23,24)55(6,7)8)53(52(45(47)2)65-70(27,28)57(12,13)14)61-41-32-42-62-67(21,22)54(3,4)5/h35-36,44,48-53H,2,31-34,37-43H2,1,3-30H3/b46-35+,47-36-/t44-,48?,49?,50-,51+,52-,53-,60-/m1/s1. The van der Waals surface area contributed by atoms with Crippen LogP contribution >= 0.6 is 0 Å². The van der Waals surface area contributed by atoms with Gasteiger partial charge in [0.05, 0.1) is 23.9 Å². The third-order valence-corrected chi connectivity index (χ3v) is 43.3. The normalized spacial score (nSPS) is 27.4. The van der Waals surface area contributed by atoms with Crippen LogP contribution in [0.4, 0.5) is 0 Å². The second-order valence-electron chi connectivity index (χ2n) is 31.7. The fraction of sp³-hybridized carbons (Fsp3) is 0.900. The first-order valence-corrected chi connectivity index (χ1v) is 43.2. The first-order chi connectivity index (χ1) is 31.6. The number of hydrogen-bond acceptors (Lipinski definition) is 6. The van der Waals surface area contributed by atoms with Gasteiger partial charge in [0.1, 0.15) is 6.10 Å². The summed E-state index contributed by atoms with van der Waals surface area (Å²) in [7, 11) is -10.4. The molecule has 0 amide bonds. The molecule has 3 aliphatic carbocycles. The number of rotatable bonds is 20. The van der Waals surface area contributed by atoms with Crippen LogP contribution in [-0.2, 0) is 26.9 Å². The van der Waals surface area contributed by atoms with Gasteiger partial charge in [-0.3, -0.25) is 0 Å². The summed E-state index contributed by atoms with van der Waals surface area (Å²) in [5, 5.41) is 0.531. The maximum absolute atomic E-state index is 7.50. The Kier molecular flexibility index (Phi) is 21.0. The highest BCUT2D eigenvalue weighted by molar-refractivity contribution is 6.76. The van der Waals surface area contributed by atoms with E-state index >= 15 is 0 Å². The molecule has 3 saturated carbocycles. The lowest BCUT2D eigenvalue weighted by Gasteiger charge is -2.49. The number of hydrogen-bond donors (Lipinski definition) is 0. The van der Waals surface area contributed by atoms with Crippen LogP contribution in [0.2, 0.25) is 90.7 Å². The molecule has 0 spiro atoms. The third kappa shape index (κ3) is 15.9. The van der Waals surface area contributed by atoms with Crippen molar-refractivity contribution in [3.8, 4) is 0 Å². The SMILES string of the molecule is C=C1/C(=C\C=C2/CCC[C@@]3(C)C2CCC3[C@H](C)CC[C@H](O[Si](C)(C)C(C)(C)C)C(C)(C)O[Si](C)(C)C(C)(C)C)C[C@@H](O[Si](C)(C)C(C)(C)C)[C@@H](OCCCO[Si](C)(C)C(C)(C)C)[C@@H]1O[Si](C)(C)C(C)(C)C. The predicted molar refractivity (Wildman–Crippen MR) is 323 cm³/mol. The van der Waals surface area contributed by atoms with Gasteiger partial charge in [0.2, 0.25) is 0 Å². The Morgan fingerprint density at radius 1 is 0.634 bits per heavy atom. The van der Waals surface area contributed by atoms with Crippen molar-refractivity contribution in [2.24, 2.45) is 23.2 Å². The zero-order valence-electron chi connectivity index (χ0n) is 52.6. The molecule has 0 bridgehead atoms. The number of ether oxygens (including phenoxy) is 1. The molecule has 0 aliphatic heterocycles. The Bertz CT molecular complexity index is 1830. The lowest BCUT2D eigenvalue weighted by molar-refractivity contribution is -0.0879. The fourth-order valence-corrected chi connectivity index (χ4v) is 17.4. The fourth-order valence-electron chi connectivity index (χ4n) is 10.5. The van der Waals surface area contributed by atoms with Gasteiger partial charge in [0, 0.05) is 19.6 Å². The minimum Gasteiger partial charge on any atom is -0.417 e. The van der Waals surface area contributed by atoms with Crippen LogP contribution in [0.3, 0.4) is 0 Å². The minimum atomic E-state index is -2.25. The van der Waals surface area contributed by atoms with E-state index in [1.165, 1.54) is 37.7 Å². The molecule has 11 heteroatoms. The van der Waals surface area contributed by atoms with Crippen molar-refractivity contribution in [1.29, 1.82) is 0 Å². The first kappa shape index (κ1) is 65.3. The van der Waals surface area contributed by atoms with Crippen molar-refractivity contribution < 1.29 is 26.9 Å². The quantitative estimate of drug-likeness (QED) is 0.0895. The van der Waals surface area contributed by atoms with Gasteiger partial charge < -0.3 is 26.9 Å². The average Bonchev–Trinajstić information content (AvgIpc) is 3.52. The summed E-state index contributed by atoms with van der Waals surface area (Å²) in [6.07, 6.45) is 14.6. The Hall–Kier alpha value is 0.0644. The van der Waals surface area contributed by atoms with E-state index in [1.807, 2.05) is 0 Å². The molecule has 0 aromatic rings. The van der Waals surface area contributed by atoms with E-state index in [2.05, 4.69) is 209 Å². The summed E-state index contributed by atoms with van der Waals surface area (Å²) < 4.78 is 43.4. The van der Waals surface area contributed by atoms with Gasteiger partial charge in [-0.15, -0.1) is 0 Å². The Morgan fingerprint density at radius 2 is 1.14 bits per heavy atom. The monoisotopic (exact) mass is 1080 g/mol. The molecule has 0 aromatic carbocycles. The van der Waals surface area contributed by atoms with E-state index in [0.29, 0.717) is 31.0 Å². The lowest BCUT2D eigenvalue weighted by atomic mass is 9.60. The minimum absolute atomic E-state index is 0.0318. The zero-order chi connectivity index (χ0) is 55.2. The van der Waals surface area contributed by atoms with E-state index in [-0.39, 0.29) is 60.6 Å². The maximum atomic E-state index is 7.50. The molecule has 0 aromatic heterocycles. The van der Waals surface area contributed by atoms with Gasteiger partial charge in [0.25, 0.3) is 0 Å². The van der Waals surface area contributed by atoms with Gasteiger partial charge in [-0.2, -0.15) is 0 Å². The molecule has 3 aliphatic rings. The van der Waals surface area contributed by atoms with Crippen LogP contribution in [0.25, 0.3) is 0 Å². The van der Waals surface area contributed by atoms with Crippen molar-refractivity contribution in [1.82, 2.24) is 0 Å². The van der Waals surface area contributed by atoms with Crippen molar-refractivity contribution in [2.45, 2.75) is 310 Å². The highest BCUT2D eigenvalue weighted by Gasteiger charge is 2.53. The highest BCUT2D eigenvalue weighted by Crippen LogP contribution is 2.60. The molecule has 3 fully saturated rings. The van der Waals surface area contributed by atoms with Crippen LogP contribution in [0.5, 0.6) is 0 Å². The molecule has 3 rings (SSSR count). The van der Waals surface area contributed by atoms with Crippen molar-refractivity contribution in [3.05, 3.63) is 35.5 Å². The summed E-state index contributed by atoms with van der Waals surface area (Å²) in [6.45, 7) is 75.2. The third-order valence-electron chi connectivity index (χ3n) is 20.6. The van der Waals surface area contributed by atoms with E-state index in [1.54, 1.807) is 5.57 Å². The van der Waals surface area contributed by atoms with Gasteiger partial charge in [-0.1, -0.05) is 142 Å². The Morgan fingerprint density at radius 3 is 1.65 bits per heavy atom. The second-order valence-corrected chi connectivity index (χ2v) is 55.5. The van der Waals surface area contributed by atoms with Gasteiger partial charge in [-0.05, 0) is 190 Å². The van der Waals surface area contributed by atoms with E-state index in [4.69, 9.17) is 33.4 Å². The van der Waals surface area contributed by atoms with Crippen molar-refractivity contribution in [2.75, 3.05) is 13.2 Å². The summed E-state index contributed by atoms with van der Waals surface area (Å²) in [6, 6.07) is 0. The molecule has 8 atom stereocenters. The van der Waals surface area contributed by atoms with Gasteiger partial charge in [0.15, 0.2) is 41.6 Å². The molecule has 0 radical (unpaired) electrons. The Balaban J connectivity index is 2.01. The first-order valence-electron chi connectivity index (χ1n) is 28.6. The lowest BCUT2D eigenvalue weighted by Crippen LogP contribution is -2.57. The van der Waals surface area contributed by atoms with E-state index < -0.39 is 41.6 Å². The molecule has 2 unspecified atom stereocenters. The number of fused-ring (bicyclic) bond motifs is 1. The maximum Gasteiger partial charge on any atom is 0.193 e. The van der Waals surface area contributed by atoms with Crippen LogP contribution < -0.4 is 0 Å². The molecular formula is C60H120O6Si5. The average molecular weight is 1080 g/mol. The molecule has 0 N–H and O–H groups in total. The van der Waals surface area contributed by atoms with E-state index in [9.17, 15) is 0 Å². The predicted octanol–water partition coefficient (Wildman–Crippen LogP) is 19.2. The van der Waals surface area contributed by atoms with E-state index in [0.717, 1.165) is 31.3 Å². The summed E-state index contributed by atoms with van der Waals surface area (Å²) in [5.41, 5.74) is 3.91. The van der Waals surface area contributed by atoms with Gasteiger partial charge in [-0.25, -0.2) is 0 Å². The number of allylic oxidation sites excluding steroid dienone is 3. The van der Waals surface area contributed by atoms with Crippen LogP contribution in [-0.4, -0.2) is 84.8 Å². The zero-order valence-corrected chi connectivity index (χ0v) is 57.6. The second kappa shape index (κ2) is 22.8. The van der Waals surface area contributed by atoms with Crippen LogP contribution in [0.15, 0.2) is 35.5 Å². The summed E-state index contributed by atoms with van der Waals surface area (Å²) >= 11 is 0. The largest absolute Gasteiger partial charge is 0.417 e. The molecule has 0 heterocycles. The topological polar surface area (TPSA) is 55.4 Å². The smallest absolute Gasteiger partial charge is 0.193 e. The summed E-state index contributed by atoms with van der Waals surface area (Å²) in [4.78, 5) is 0. The molecule has 6 nitrogen and oxygen atoms in total. The molecule has 416 valence electrons. The molecule has 71 heavy (non-hydrogen) atoms. The van der Waals surface area contributed by atoms with Crippen LogP contribution in [0.1, 0.15) is 189 Å². The van der Waals surface area contributed by atoms with Crippen molar-refractivity contribution in [3.63, 3.8) is 0 Å². The van der Waals surface area contributed by atoms with Crippen LogP contribution in [0, 0.1) is 23.2 Å². The Labute approximate surface area is 447 Å². The molecule has 0 saturated heterocycles. The van der Waals surface area contributed by atoms with Crippen molar-refractivity contribution >= 4 is 41.6 Å². The van der Waals surface area contributed by atoms with Gasteiger partial charge >= 0.3 is 0 Å². The molecular weight excluding hydrogens is 957 g/mol. The summed E-state index contributed by atoms with van der Waals surface area (Å²) in [5.74, 6) is 1.88.